The number of carbonyl (C=O) groups excluding carboxylic acids is 1. The molecule has 116 valence electrons. The number of aryl methyl sites for hydroxylation is 1. The highest BCUT2D eigenvalue weighted by Gasteiger charge is 2.12. The molecular weight excluding hydrogens is 268 g/mol. The van der Waals surface area contributed by atoms with E-state index >= 15 is 0 Å². The Morgan fingerprint density at radius 3 is 2.52 bits per heavy atom. The Hall–Kier alpha value is -1.91. The zero-order valence-corrected chi connectivity index (χ0v) is 12.9. The van der Waals surface area contributed by atoms with Gasteiger partial charge in [0, 0.05) is 23.7 Å². The third-order valence-corrected chi connectivity index (χ3v) is 3.45. The number of rotatable bonds is 9. The maximum Gasteiger partial charge on any atom is 0.274 e. The first kappa shape index (κ1) is 17.1. The third-order valence-electron chi connectivity index (χ3n) is 3.45. The molecule has 0 atom stereocenters. The molecule has 0 heterocycles. The zero-order chi connectivity index (χ0) is 15.7. The van der Waals surface area contributed by atoms with Gasteiger partial charge in [0.15, 0.2) is 0 Å². The molecule has 0 aliphatic heterocycles. The molecule has 0 spiro atoms. The second-order valence-corrected chi connectivity index (χ2v) is 5.32. The minimum Gasteiger partial charge on any atom is -0.326 e. The molecule has 1 N–H and O–H groups in total. The Kier molecular flexibility index (Phi) is 7.43. The third kappa shape index (κ3) is 6.38. The van der Waals surface area contributed by atoms with Crippen LogP contribution in [0, 0.1) is 17.0 Å². The fraction of sp³-hybridized carbons (Fsp3) is 0.562. The zero-order valence-electron chi connectivity index (χ0n) is 12.9. The lowest BCUT2D eigenvalue weighted by Gasteiger charge is -2.06. The quantitative estimate of drug-likeness (QED) is 0.411. The van der Waals surface area contributed by atoms with E-state index in [0.717, 1.165) is 19.3 Å². The first-order valence-electron chi connectivity index (χ1n) is 7.59. The van der Waals surface area contributed by atoms with Gasteiger partial charge in [-0.25, -0.2) is 0 Å². The van der Waals surface area contributed by atoms with Crippen molar-refractivity contribution in [3.05, 3.63) is 33.9 Å². The summed E-state index contributed by atoms with van der Waals surface area (Å²) in [6, 6.07) is 4.76. The van der Waals surface area contributed by atoms with Gasteiger partial charge in [0.1, 0.15) is 0 Å². The summed E-state index contributed by atoms with van der Waals surface area (Å²) in [5, 5.41) is 13.6. The first-order chi connectivity index (χ1) is 10.0. The maximum atomic E-state index is 11.8. The molecular formula is C16H24N2O3. The van der Waals surface area contributed by atoms with Gasteiger partial charge in [-0.1, -0.05) is 45.1 Å². The number of amides is 1. The summed E-state index contributed by atoms with van der Waals surface area (Å²) < 4.78 is 0. The van der Waals surface area contributed by atoms with Gasteiger partial charge in [0.25, 0.3) is 5.69 Å². The number of nitro benzene ring substituents is 1. The van der Waals surface area contributed by atoms with Crippen LogP contribution in [0.15, 0.2) is 18.2 Å². The van der Waals surface area contributed by atoms with Crippen LogP contribution >= 0.6 is 0 Å². The van der Waals surface area contributed by atoms with Gasteiger partial charge in [-0.2, -0.15) is 0 Å². The molecule has 0 fully saturated rings. The van der Waals surface area contributed by atoms with Gasteiger partial charge in [-0.15, -0.1) is 0 Å². The Bertz CT molecular complexity index is 486. The van der Waals surface area contributed by atoms with Crippen LogP contribution in [0.1, 0.15) is 57.4 Å². The molecule has 0 saturated heterocycles. The smallest absolute Gasteiger partial charge is 0.274 e. The summed E-state index contributed by atoms with van der Waals surface area (Å²) in [7, 11) is 0. The number of nitro groups is 1. The lowest BCUT2D eigenvalue weighted by Crippen LogP contribution is -2.11. The van der Waals surface area contributed by atoms with Crippen molar-refractivity contribution in [1.82, 2.24) is 0 Å². The molecule has 1 rings (SSSR count). The molecule has 21 heavy (non-hydrogen) atoms. The molecule has 1 aromatic carbocycles. The fourth-order valence-electron chi connectivity index (χ4n) is 2.17. The monoisotopic (exact) mass is 292 g/mol. The Morgan fingerprint density at radius 1 is 1.19 bits per heavy atom. The normalized spacial score (nSPS) is 10.4. The largest absolute Gasteiger partial charge is 0.326 e. The molecule has 0 aliphatic carbocycles. The van der Waals surface area contributed by atoms with Crippen LogP contribution in [0.4, 0.5) is 11.4 Å². The number of carbonyl (C=O) groups is 1. The summed E-state index contributed by atoms with van der Waals surface area (Å²) in [5.74, 6) is -0.0800. The van der Waals surface area contributed by atoms with E-state index in [2.05, 4.69) is 12.2 Å². The Labute approximate surface area is 125 Å². The lowest BCUT2D eigenvalue weighted by atomic mass is 10.1. The molecule has 0 unspecified atom stereocenters. The van der Waals surface area contributed by atoms with Gasteiger partial charge >= 0.3 is 0 Å². The van der Waals surface area contributed by atoms with E-state index in [9.17, 15) is 14.9 Å². The van der Waals surface area contributed by atoms with Crippen LogP contribution in [0.5, 0.6) is 0 Å². The molecule has 0 bridgehead atoms. The second-order valence-electron chi connectivity index (χ2n) is 5.32. The van der Waals surface area contributed by atoms with Crippen molar-refractivity contribution in [2.45, 2.75) is 58.8 Å². The average Bonchev–Trinajstić information content (AvgIpc) is 2.44. The van der Waals surface area contributed by atoms with Crippen molar-refractivity contribution >= 4 is 17.3 Å². The molecule has 5 nitrogen and oxygen atoms in total. The van der Waals surface area contributed by atoms with E-state index in [4.69, 9.17) is 0 Å². The Morgan fingerprint density at radius 2 is 1.86 bits per heavy atom. The predicted octanol–water partition coefficient (Wildman–Crippen LogP) is 4.59. The molecule has 0 radical (unpaired) electrons. The molecule has 1 amide bonds. The van der Waals surface area contributed by atoms with Crippen LogP contribution in [0.3, 0.4) is 0 Å². The number of hydrogen-bond acceptors (Lipinski definition) is 3. The number of anilines is 1. The molecule has 1 aromatic rings. The average molecular weight is 292 g/mol. The Balaban J connectivity index is 2.38. The van der Waals surface area contributed by atoms with E-state index in [-0.39, 0.29) is 11.6 Å². The molecule has 0 saturated carbocycles. The number of unbranched alkanes of at least 4 members (excludes halogenated alkanes) is 5. The van der Waals surface area contributed by atoms with Gasteiger partial charge in [0.2, 0.25) is 5.91 Å². The summed E-state index contributed by atoms with van der Waals surface area (Å²) in [4.78, 5) is 22.2. The van der Waals surface area contributed by atoms with Gasteiger partial charge in [-0.05, 0) is 19.4 Å². The topological polar surface area (TPSA) is 72.2 Å². The molecule has 5 heteroatoms. The minimum atomic E-state index is -0.432. The SMILES string of the molecule is CCCCCCCCC(=O)Nc1ccc(C)c([N+](=O)[O-])c1. The first-order valence-corrected chi connectivity index (χ1v) is 7.59. The van der Waals surface area contributed by atoms with Crippen molar-refractivity contribution in [2.75, 3.05) is 5.32 Å². The van der Waals surface area contributed by atoms with Crippen molar-refractivity contribution < 1.29 is 9.72 Å². The highest BCUT2D eigenvalue weighted by atomic mass is 16.6. The number of hydrogen-bond donors (Lipinski definition) is 1. The highest BCUT2D eigenvalue weighted by Crippen LogP contribution is 2.22. The van der Waals surface area contributed by atoms with Crippen LogP contribution in [-0.4, -0.2) is 10.8 Å². The van der Waals surface area contributed by atoms with Crippen molar-refractivity contribution in [3.63, 3.8) is 0 Å². The summed E-state index contributed by atoms with van der Waals surface area (Å²) >= 11 is 0. The second kappa shape index (κ2) is 9.10. The summed E-state index contributed by atoms with van der Waals surface area (Å²) in [6.07, 6.45) is 7.24. The number of nitrogens with zero attached hydrogens (tertiary/aromatic N) is 1. The standard InChI is InChI=1S/C16H24N2O3/c1-3-4-5-6-7-8-9-16(19)17-14-11-10-13(2)15(12-14)18(20)21/h10-12H,3-9H2,1-2H3,(H,17,19). The van der Waals surface area contributed by atoms with Crippen molar-refractivity contribution in [2.24, 2.45) is 0 Å². The van der Waals surface area contributed by atoms with E-state index in [0.29, 0.717) is 17.7 Å². The van der Waals surface area contributed by atoms with Gasteiger partial charge < -0.3 is 5.32 Å². The lowest BCUT2D eigenvalue weighted by molar-refractivity contribution is -0.385. The maximum absolute atomic E-state index is 11.8. The number of benzene rings is 1. The summed E-state index contributed by atoms with van der Waals surface area (Å²) in [6.45, 7) is 3.86. The van der Waals surface area contributed by atoms with Crippen LogP contribution in [-0.2, 0) is 4.79 Å². The molecule has 0 aromatic heterocycles. The van der Waals surface area contributed by atoms with Crippen LogP contribution in [0.25, 0.3) is 0 Å². The van der Waals surface area contributed by atoms with Gasteiger partial charge in [0.05, 0.1) is 4.92 Å². The van der Waals surface area contributed by atoms with E-state index < -0.39 is 4.92 Å². The van der Waals surface area contributed by atoms with Crippen LogP contribution < -0.4 is 5.32 Å². The fourth-order valence-corrected chi connectivity index (χ4v) is 2.17. The van der Waals surface area contributed by atoms with Crippen LogP contribution in [0.2, 0.25) is 0 Å². The highest BCUT2D eigenvalue weighted by molar-refractivity contribution is 5.91. The molecule has 0 aliphatic rings. The van der Waals surface area contributed by atoms with Crippen molar-refractivity contribution in [3.8, 4) is 0 Å². The number of nitrogens with one attached hydrogen (secondary N) is 1. The van der Waals surface area contributed by atoms with E-state index in [1.807, 2.05) is 0 Å². The predicted molar refractivity (Wildman–Crippen MR) is 84.5 cm³/mol. The minimum absolute atomic E-state index is 0.0346. The van der Waals surface area contributed by atoms with Crippen molar-refractivity contribution in [1.29, 1.82) is 0 Å². The van der Waals surface area contributed by atoms with Gasteiger partial charge in [-0.3, -0.25) is 14.9 Å². The van der Waals surface area contributed by atoms with E-state index in [1.54, 1.807) is 19.1 Å². The summed E-state index contributed by atoms with van der Waals surface area (Å²) in [5.41, 5.74) is 1.12. The van der Waals surface area contributed by atoms with E-state index in [1.165, 1.54) is 25.3 Å².